The van der Waals surface area contributed by atoms with Gasteiger partial charge < -0.3 is 41.7 Å². The Kier molecular flexibility index (Phi) is 11.5. The molecule has 23 heavy (non-hydrogen) atoms. The minimum atomic E-state index is 0. The van der Waals surface area contributed by atoms with Crippen LogP contribution in [0, 0.1) is 0 Å². The maximum Gasteiger partial charge on any atom is 0.169 e. The maximum atomic E-state index is 2.27. The third-order valence-corrected chi connectivity index (χ3v) is 3.45. The van der Waals surface area contributed by atoms with Gasteiger partial charge in [0, 0.05) is 24.3 Å². The van der Waals surface area contributed by atoms with E-state index in [9.17, 15) is 0 Å². The molecular weight excluding hydrogens is 353 g/mol. The van der Waals surface area contributed by atoms with Gasteiger partial charge in [0.1, 0.15) is 7.05 Å². The molecule has 0 aromatic carbocycles. The highest BCUT2D eigenvalue weighted by atomic mass is 35.5. The van der Waals surface area contributed by atoms with Gasteiger partial charge >= 0.3 is 0 Å². The van der Waals surface area contributed by atoms with E-state index in [0.717, 1.165) is 11.0 Å². The van der Waals surface area contributed by atoms with Gasteiger partial charge in [0.15, 0.2) is 31.3 Å². The Morgan fingerprint density at radius 3 is 1.65 bits per heavy atom. The second-order valence-corrected chi connectivity index (χ2v) is 6.44. The zero-order chi connectivity index (χ0) is 14.6. The molecule has 2 heterocycles. The molecule has 0 saturated heterocycles. The van der Waals surface area contributed by atoms with Gasteiger partial charge in [-0.1, -0.05) is 0 Å². The molecule has 6 heteroatoms. The largest absolute Gasteiger partial charge is 1.00 e. The van der Waals surface area contributed by atoms with Crippen molar-refractivity contribution in [2.24, 2.45) is 7.05 Å². The summed E-state index contributed by atoms with van der Waals surface area (Å²) in [6.07, 6.45) is 9.72. The Balaban J connectivity index is 0. The zero-order valence-corrected chi connectivity index (χ0v) is 16.5. The maximum absolute atomic E-state index is 2.27. The van der Waals surface area contributed by atoms with Gasteiger partial charge in [0.2, 0.25) is 0 Å². The quantitative estimate of drug-likeness (QED) is 0.361. The van der Waals surface area contributed by atoms with Crippen LogP contribution >= 0.6 is 0 Å². The molecule has 2 aromatic rings. The molecule has 0 radical (unpaired) electrons. The third-order valence-electron chi connectivity index (χ3n) is 3.45. The average Bonchev–Trinajstić information content (AvgIpc) is 2.39. The fourth-order valence-corrected chi connectivity index (χ4v) is 2.22. The second-order valence-electron chi connectivity index (χ2n) is 6.44. The predicted octanol–water partition coefficient (Wildman–Crippen LogP) is -7.43. The van der Waals surface area contributed by atoms with Crippen LogP contribution in [0.1, 0.15) is 6.42 Å². The van der Waals surface area contributed by atoms with Gasteiger partial charge in [0.05, 0.1) is 34.1 Å². The Bertz CT molecular complexity index is 549. The molecule has 0 aliphatic carbocycles. The molecule has 0 atom stereocenters. The monoisotopic (exact) mass is 377 g/mol. The predicted molar refractivity (Wildman–Crippen MR) is 80.8 cm³/mol. The molecule has 0 fully saturated rings. The zero-order valence-electron chi connectivity index (χ0n) is 14.2. The molecule has 3 nitrogen and oxygen atoms in total. The first-order valence-electron chi connectivity index (χ1n) is 7.19. The molecule has 2 rings (SSSR count). The second kappa shape index (κ2) is 10.8. The van der Waals surface area contributed by atoms with Crippen molar-refractivity contribution in [3.05, 3.63) is 49.1 Å². The SMILES string of the molecule is C[n+]1ccc(-c2cc[n+](CCC[N+](C)(C)C)cc2)cc1.[Cl-].[Cl-].[Cl-]. The van der Waals surface area contributed by atoms with E-state index in [0.29, 0.717) is 0 Å². The summed E-state index contributed by atoms with van der Waals surface area (Å²) in [5.41, 5.74) is 2.54. The number of rotatable bonds is 5. The van der Waals surface area contributed by atoms with Crippen molar-refractivity contribution in [2.45, 2.75) is 13.0 Å². The Hall–Kier alpha value is -0.870. The number of aromatic nitrogens is 2. The van der Waals surface area contributed by atoms with E-state index in [4.69, 9.17) is 0 Å². The van der Waals surface area contributed by atoms with Crippen molar-refractivity contribution < 1.29 is 50.8 Å². The summed E-state index contributed by atoms with van der Waals surface area (Å²) in [5, 5.41) is 0. The lowest BCUT2D eigenvalue weighted by Crippen LogP contribution is -3.00. The molecule has 0 aliphatic rings. The van der Waals surface area contributed by atoms with Gasteiger partial charge in [-0.2, -0.15) is 0 Å². The number of hydrogen-bond acceptors (Lipinski definition) is 0. The van der Waals surface area contributed by atoms with Crippen LogP contribution in [0.3, 0.4) is 0 Å². The first-order chi connectivity index (χ1) is 9.44. The summed E-state index contributed by atoms with van der Waals surface area (Å²) >= 11 is 0. The topological polar surface area (TPSA) is 7.76 Å². The van der Waals surface area contributed by atoms with Crippen molar-refractivity contribution in [3.63, 3.8) is 0 Å². The van der Waals surface area contributed by atoms with Gasteiger partial charge in [0.25, 0.3) is 0 Å². The fraction of sp³-hybridized carbons (Fsp3) is 0.412. The molecule has 2 aromatic heterocycles. The van der Waals surface area contributed by atoms with Crippen LogP contribution in [0.25, 0.3) is 11.1 Å². The van der Waals surface area contributed by atoms with Gasteiger partial charge in [-0.05, 0) is 11.1 Å². The van der Waals surface area contributed by atoms with Crippen LogP contribution < -0.4 is 46.4 Å². The Labute approximate surface area is 158 Å². The fourth-order valence-electron chi connectivity index (χ4n) is 2.22. The number of nitrogens with zero attached hydrogens (tertiary/aromatic N) is 3. The molecule has 0 amide bonds. The number of aryl methyl sites for hydroxylation is 2. The molecule has 0 unspecified atom stereocenters. The molecule has 0 aliphatic heterocycles. The summed E-state index contributed by atoms with van der Waals surface area (Å²) < 4.78 is 5.35. The van der Waals surface area contributed by atoms with Crippen molar-refractivity contribution in [1.82, 2.24) is 0 Å². The van der Waals surface area contributed by atoms with Crippen LogP contribution in [-0.4, -0.2) is 32.2 Å². The van der Waals surface area contributed by atoms with E-state index in [1.165, 1.54) is 24.1 Å². The van der Waals surface area contributed by atoms with Gasteiger partial charge in [-0.3, -0.25) is 0 Å². The van der Waals surface area contributed by atoms with E-state index in [1.807, 2.05) is 7.05 Å². The molecule has 0 N–H and O–H groups in total. The summed E-state index contributed by atoms with van der Waals surface area (Å²) in [6.45, 7) is 2.28. The van der Waals surface area contributed by atoms with Crippen LogP contribution in [0.4, 0.5) is 0 Å². The lowest BCUT2D eigenvalue weighted by atomic mass is 10.1. The lowest BCUT2D eigenvalue weighted by Gasteiger charge is -2.22. The molecule has 130 valence electrons. The molecule has 0 bridgehead atoms. The first kappa shape index (κ1) is 24.4. The molecule has 0 saturated carbocycles. The van der Waals surface area contributed by atoms with E-state index >= 15 is 0 Å². The highest BCUT2D eigenvalue weighted by Crippen LogP contribution is 2.15. The van der Waals surface area contributed by atoms with E-state index in [1.54, 1.807) is 0 Å². The highest BCUT2D eigenvalue weighted by molar-refractivity contribution is 5.60. The van der Waals surface area contributed by atoms with Gasteiger partial charge in [-0.25, -0.2) is 9.13 Å². The number of halogens is 3. The van der Waals surface area contributed by atoms with Crippen molar-refractivity contribution in [2.75, 3.05) is 27.7 Å². The van der Waals surface area contributed by atoms with Crippen molar-refractivity contribution in [3.8, 4) is 11.1 Å². The molecule has 0 spiro atoms. The van der Waals surface area contributed by atoms with Crippen molar-refractivity contribution >= 4 is 0 Å². The summed E-state index contributed by atoms with van der Waals surface area (Å²) in [5.74, 6) is 0. The van der Waals surface area contributed by atoms with E-state index < -0.39 is 0 Å². The van der Waals surface area contributed by atoms with E-state index in [2.05, 4.69) is 79.3 Å². The third kappa shape index (κ3) is 8.52. The van der Waals surface area contributed by atoms with Crippen LogP contribution in [0.15, 0.2) is 49.1 Å². The lowest BCUT2D eigenvalue weighted by molar-refractivity contribution is -0.873. The highest BCUT2D eigenvalue weighted by Gasteiger charge is 2.09. The van der Waals surface area contributed by atoms with Crippen molar-refractivity contribution in [1.29, 1.82) is 0 Å². The van der Waals surface area contributed by atoms with Gasteiger partial charge in [-0.15, -0.1) is 0 Å². The van der Waals surface area contributed by atoms with Crippen LogP contribution in [0.5, 0.6) is 0 Å². The standard InChI is InChI=1S/C17H26N3.3ClH/c1-18-11-6-16(7-12-18)17-8-13-19(14-9-17)10-5-15-20(2,3)4;;;/h6-9,11-14H,5,10,15H2,1-4H3;3*1H/q+3;;;/p-3. The Morgan fingerprint density at radius 2 is 1.22 bits per heavy atom. The summed E-state index contributed by atoms with van der Waals surface area (Å²) in [6, 6.07) is 8.69. The number of quaternary nitrogens is 1. The van der Waals surface area contributed by atoms with Crippen LogP contribution in [0.2, 0.25) is 0 Å². The smallest absolute Gasteiger partial charge is 0.169 e. The number of pyridine rings is 2. The molecular formula is C17H26Cl3N3. The minimum absolute atomic E-state index is 0. The van der Waals surface area contributed by atoms with E-state index in [-0.39, 0.29) is 37.2 Å². The van der Waals surface area contributed by atoms with Crippen LogP contribution in [-0.2, 0) is 13.6 Å². The first-order valence-corrected chi connectivity index (χ1v) is 7.19. The summed E-state index contributed by atoms with van der Waals surface area (Å²) in [7, 11) is 8.76. The number of hydrogen-bond donors (Lipinski definition) is 0. The minimum Gasteiger partial charge on any atom is -1.00 e. The average molecular weight is 379 g/mol. The normalized spacial score (nSPS) is 10.1. The Morgan fingerprint density at radius 1 is 0.783 bits per heavy atom. The summed E-state index contributed by atoms with van der Waals surface area (Å²) in [4.78, 5) is 0.